The molecular weight excluding hydrogens is 266 g/mol. The maximum atomic E-state index is 10.6. The predicted octanol–water partition coefficient (Wildman–Crippen LogP) is 1.05. The van der Waals surface area contributed by atoms with Crippen LogP contribution < -0.4 is 5.32 Å². The van der Waals surface area contributed by atoms with Crippen LogP contribution in [0.1, 0.15) is 13.3 Å². The molecule has 0 aromatic rings. The fourth-order valence-electron chi connectivity index (χ4n) is 0.959. The standard InChI is InChI=1S/C9H14BrNO4/c1-2-6(11-4-3-10)5-7(8(12)13)9(14)15/h5,7,11H,2-4H2,1H3,(H,12,13)(H,14,15). The van der Waals surface area contributed by atoms with E-state index in [4.69, 9.17) is 10.2 Å². The molecule has 0 bridgehead atoms. The molecule has 0 radical (unpaired) electrons. The number of carboxylic acid groups (broad SMARTS) is 2. The summed E-state index contributed by atoms with van der Waals surface area (Å²) in [4.78, 5) is 21.2. The number of allylic oxidation sites excluding steroid dienone is 1. The monoisotopic (exact) mass is 279 g/mol. The van der Waals surface area contributed by atoms with Crippen molar-refractivity contribution in [2.75, 3.05) is 11.9 Å². The van der Waals surface area contributed by atoms with Crippen LogP contribution in [-0.4, -0.2) is 34.0 Å². The molecule has 0 atom stereocenters. The normalized spacial score (nSPS) is 11.5. The quantitative estimate of drug-likeness (QED) is 0.479. The lowest BCUT2D eigenvalue weighted by Crippen LogP contribution is -2.24. The van der Waals surface area contributed by atoms with E-state index in [1.807, 2.05) is 6.92 Å². The first-order chi connectivity index (χ1) is 7.02. The Labute approximate surface area is 96.3 Å². The second-order valence-electron chi connectivity index (χ2n) is 2.82. The summed E-state index contributed by atoms with van der Waals surface area (Å²) in [6.45, 7) is 2.46. The molecule has 5 nitrogen and oxygen atoms in total. The molecule has 0 aromatic carbocycles. The maximum absolute atomic E-state index is 10.6. The van der Waals surface area contributed by atoms with E-state index in [1.54, 1.807) is 0 Å². The van der Waals surface area contributed by atoms with Gasteiger partial charge in [-0.3, -0.25) is 9.59 Å². The molecule has 6 heteroatoms. The smallest absolute Gasteiger partial charge is 0.321 e. The lowest BCUT2D eigenvalue weighted by molar-refractivity contribution is -0.151. The van der Waals surface area contributed by atoms with Gasteiger partial charge in [-0.2, -0.15) is 0 Å². The molecule has 0 saturated heterocycles. The maximum Gasteiger partial charge on any atom is 0.321 e. The number of hydrogen-bond donors (Lipinski definition) is 3. The highest BCUT2D eigenvalue weighted by Gasteiger charge is 2.23. The van der Waals surface area contributed by atoms with Crippen LogP contribution in [0.15, 0.2) is 11.8 Å². The molecule has 0 aliphatic rings. The Morgan fingerprint density at radius 3 is 2.27 bits per heavy atom. The number of rotatable bonds is 7. The van der Waals surface area contributed by atoms with Gasteiger partial charge in [-0.15, -0.1) is 0 Å². The van der Waals surface area contributed by atoms with Crippen molar-refractivity contribution in [2.24, 2.45) is 5.92 Å². The van der Waals surface area contributed by atoms with E-state index < -0.39 is 17.9 Å². The van der Waals surface area contributed by atoms with E-state index in [-0.39, 0.29) is 0 Å². The van der Waals surface area contributed by atoms with Crippen molar-refractivity contribution in [3.63, 3.8) is 0 Å². The third kappa shape index (κ3) is 5.41. The number of hydrogen-bond acceptors (Lipinski definition) is 3. The van der Waals surface area contributed by atoms with Gasteiger partial charge in [-0.25, -0.2) is 0 Å². The van der Waals surface area contributed by atoms with Crippen LogP contribution in [-0.2, 0) is 9.59 Å². The minimum Gasteiger partial charge on any atom is -0.480 e. The molecular formula is C9H14BrNO4. The van der Waals surface area contributed by atoms with Gasteiger partial charge in [0, 0.05) is 17.6 Å². The van der Waals surface area contributed by atoms with E-state index >= 15 is 0 Å². The fraction of sp³-hybridized carbons (Fsp3) is 0.556. The van der Waals surface area contributed by atoms with Gasteiger partial charge >= 0.3 is 11.9 Å². The van der Waals surface area contributed by atoms with Gasteiger partial charge in [0.05, 0.1) is 0 Å². The van der Waals surface area contributed by atoms with E-state index in [0.717, 1.165) is 5.33 Å². The van der Waals surface area contributed by atoms with Gasteiger partial charge in [-0.05, 0) is 12.5 Å². The topological polar surface area (TPSA) is 86.6 Å². The van der Waals surface area contributed by atoms with Crippen LogP contribution in [0.25, 0.3) is 0 Å². The molecule has 0 aliphatic carbocycles. The Balaban J connectivity index is 4.60. The molecule has 86 valence electrons. The molecule has 0 amide bonds. The van der Waals surface area contributed by atoms with Crippen molar-refractivity contribution in [1.82, 2.24) is 5.32 Å². The second kappa shape index (κ2) is 7.28. The largest absolute Gasteiger partial charge is 0.480 e. The summed E-state index contributed by atoms with van der Waals surface area (Å²) >= 11 is 3.21. The van der Waals surface area contributed by atoms with Crippen LogP contribution >= 0.6 is 15.9 Å². The van der Waals surface area contributed by atoms with Crippen molar-refractivity contribution >= 4 is 27.9 Å². The van der Waals surface area contributed by atoms with Gasteiger partial charge < -0.3 is 15.5 Å². The number of alkyl halides is 1. The Hall–Kier alpha value is -1.04. The minimum absolute atomic E-state index is 0.573. The zero-order valence-corrected chi connectivity index (χ0v) is 9.95. The first-order valence-electron chi connectivity index (χ1n) is 4.49. The van der Waals surface area contributed by atoms with Gasteiger partial charge in [0.25, 0.3) is 0 Å². The summed E-state index contributed by atoms with van der Waals surface area (Å²) in [5.41, 5.74) is 0.629. The van der Waals surface area contributed by atoms with E-state index in [2.05, 4.69) is 21.2 Å². The van der Waals surface area contributed by atoms with Crippen LogP contribution in [0, 0.1) is 5.92 Å². The van der Waals surface area contributed by atoms with Crippen LogP contribution in [0.3, 0.4) is 0 Å². The van der Waals surface area contributed by atoms with Gasteiger partial charge in [-0.1, -0.05) is 22.9 Å². The van der Waals surface area contributed by atoms with Gasteiger partial charge in [0.1, 0.15) is 0 Å². The highest BCUT2D eigenvalue weighted by Crippen LogP contribution is 2.06. The Morgan fingerprint density at radius 2 is 1.93 bits per heavy atom. The lowest BCUT2D eigenvalue weighted by atomic mass is 10.1. The Morgan fingerprint density at radius 1 is 1.40 bits per heavy atom. The number of carbonyl (C=O) groups is 2. The number of nitrogens with one attached hydrogen (secondary N) is 1. The second-order valence-corrected chi connectivity index (χ2v) is 3.61. The van der Waals surface area contributed by atoms with E-state index in [1.165, 1.54) is 6.08 Å². The minimum atomic E-state index is -1.48. The van der Waals surface area contributed by atoms with Crippen LogP contribution in [0.4, 0.5) is 0 Å². The molecule has 0 saturated carbocycles. The molecule has 0 unspecified atom stereocenters. The third-order valence-electron chi connectivity index (χ3n) is 1.73. The Bertz CT molecular complexity index is 251. The summed E-state index contributed by atoms with van der Waals surface area (Å²) in [5, 5.41) is 21.0. The molecule has 15 heavy (non-hydrogen) atoms. The molecule has 0 aliphatic heterocycles. The summed E-state index contributed by atoms with van der Waals surface area (Å²) in [6, 6.07) is 0. The fourth-order valence-corrected chi connectivity index (χ4v) is 1.16. The Kier molecular flexibility index (Phi) is 6.77. The summed E-state index contributed by atoms with van der Waals surface area (Å²) in [6.07, 6.45) is 1.80. The number of carboxylic acids is 2. The molecule has 0 spiro atoms. The average Bonchev–Trinajstić information content (AvgIpc) is 2.17. The number of aliphatic carboxylic acids is 2. The zero-order chi connectivity index (χ0) is 11.8. The molecule has 3 N–H and O–H groups in total. The summed E-state index contributed by atoms with van der Waals surface area (Å²) in [5.74, 6) is -4.19. The van der Waals surface area contributed by atoms with Crippen molar-refractivity contribution in [1.29, 1.82) is 0 Å². The van der Waals surface area contributed by atoms with E-state index in [0.29, 0.717) is 18.7 Å². The molecule has 0 heterocycles. The van der Waals surface area contributed by atoms with Crippen molar-refractivity contribution in [2.45, 2.75) is 13.3 Å². The zero-order valence-electron chi connectivity index (χ0n) is 8.36. The molecule has 0 fully saturated rings. The average molecular weight is 280 g/mol. The summed E-state index contributed by atoms with van der Waals surface area (Å²) < 4.78 is 0. The van der Waals surface area contributed by atoms with Crippen LogP contribution in [0.5, 0.6) is 0 Å². The highest BCUT2D eigenvalue weighted by molar-refractivity contribution is 9.09. The first-order valence-corrected chi connectivity index (χ1v) is 5.61. The predicted molar refractivity (Wildman–Crippen MR) is 58.9 cm³/mol. The van der Waals surface area contributed by atoms with E-state index in [9.17, 15) is 9.59 Å². The first kappa shape index (κ1) is 14.0. The lowest BCUT2D eigenvalue weighted by Gasteiger charge is -2.09. The SMILES string of the molecule is CCC(=CC(C(=O)O)C(=O)O)NCCBr. The highest BCUT2D eigenvalue weighted by atomic mass is 79.9. The molecule has 0 rings (SSSR count). The van der Waals surface area contributed by atoms with Crippen molar-refractivity contribution < 1.29 is 19.8 Å². The van der Waals surface area contributed by atoms with Crippen molar-refractivity contribution in [3.05, 3.63) is 11.8 Å². The van der Waals surface area contributed by atoms with Gasteiger partial charge in [0.2, 0.25) is 0 Å². The van der Waals surface area contributed by atoms with Crippen molar-refractivity contribution in [3.8, 4) is 0 Å². The summed E-state index contributed by atoms with van der Waals surface area (Å²) in [7, 11) is 0. The van der Waals surface area contributed by atoms with Crippen LogP contribution in [0.2, 0.25) is 0 Å². The molecule has 0 aromatic heterocycles. The van der Waals surface area contributed by atoms with Gasteiger partial charge in [0.15, 0.2) is 5.92 Å². The third-order valence-corrected chi connectivity index (χ3v) is 2.12. The number of halogens is 1.